The van der Waals surface area contributed by atoms with Crippen LogP contribution in [-0.4, -0.2) is 29.8 Å². The molecular formula is C11H23NS. The quantitative estimate of drug-likeness (QED) is 0.669. The minimum Gasteiger partial charge on any atom is -0.301 e. The Balaban J connectivity index is 2.44. The van der Waals surface area contributed by atoms with E-state index in [9.17, 15) is 0 Å². The molecule has 2 heteroatoms. The van der Waals surface area contributed by atoms with E-state index in [1.807, 2.05) is 0 Å². The molecule has 1 aliphatic carbocycles. The van der Waals surface area contributed by atoms with Crippen molar-refractivity contribution in [1.82, 2.24) is 4.90 Å². The second kappa shape index (κ2) is 4.70. The van der Waals surface area contributed by atoms with E-state index in [0.29, 0.717) is 11.5 Å². The van der Waals surface area contributed by atoms with Gasteiger partial charge in [-0.2, -0.15) is 12.6 Å². The van der Waals surface area contributed by atoms with Gasteiger partial charge in [-0.1, -0.05) is 13.3 Å². The fraction of sp³-hybridized carbons (Fsp3) is 1.00. The summed E-state index contributed by atoms with van der Waals surface area (Å²) in [5.74, 6) is 1.07. The third kappa shape index (κ3) is 2.63. The van der Waals surface area contributed by atoms with Crippen molar-refractivity contribution in [1.29, 1.82) is 0 Å². The van der Waals surface area contributed by atoms with Crippen molar-refractivity contribution in [2.45, 2.75) is 46.1 Å². The van der Waals surface area contributed by atoms with E-state index < -0.39 is 0 Å². The first-order valence-corrected chi connectivity index (χ1v) is 6.12. The van der Waals surface area contributed by atoms with Crippen LogP contribution in [0.4, 0.5) is 0 Å². The first-order chi connectivity index (χ1) is 6.13. The molecule has 0 spiro atoms. The van der Waals surface area contributed by atoms with E-state index >= 15 is 0 Å². The lowest BCUT2D eigenvalue weighted by atomic mass is 9.70. The summed E-state index contributed by atoms with van der Waals surface area (Å²) in [5.41, 5.74) is 0.559. The van der Waals surface area contributed by atoms with Crippen LogP contribution >= 0.6 is 12.6 Å². The SMILES string of the molecule is CCN(CC1(CS)CCC1)C(C)C. The molecule has 0 unspecified atom stereocenters. The van der Waals surface area contributed by atoms with Gasteiger partial charge in [0.1, 0.15) is 0 Å². The highest BCUT2D eigenvalue weighted by Gasteiger charge is 2.37. The lowest BCUT2D eigenvalue weighted by Gasteiger charge is -2.45. The van der Waals surface area contributed by atoms with Gasteiger partial charge in [0.15, 0.2) is 0 Å². The predicted octanol–water partition coefficient (Wildman–Crippen LogP) is 2.82. The Labute approximate surface area is 88.3 Å². The van der Waals surface area contributed by atoms with Crippen molar-refractivity contribution in [2.75, 3.05) is 18.8 Å². The van der Waals surface area contributed by atoms with Crippen molar-refractivity contribution >= 4 is 12.6 Å². The Morgan fingerprint density at radius 1 is 1.38 bits per heavy atom. The van der Waals surface area contributed by atoms with Gasteiger partial charge in [0.2, 0.25) is 0 Å². The number of rotatable bonds is 5. The number of hydrogen-bond donors (Lipinski definition) is 1. The van der Waals surface area contributed by atoms with Gasteiger partial charge < -0.3 is 4.90 Å². The predicted molar refractivity (Wildman–Crippen MR) is 62.5 cm³/mol. The molecule has 0 atom stereocenters. The minimum atomic E-state index is 0.559. The van der Waals surface area contributed by atoms with Crippen LogP contribution < -0.4 is 0 Å². The highest BCUT2D eigenvalue weighted by atomic mass is 32.1. The van der Waals surface area contributed by atoms with Gasteiger partial charge in [0.05, 0.1) is 0 Å². The third-order valence-electron chi connectivity index (χ3n) is 3.42. The first-order valence-electron chi connectivity index (χ1n) is 5.48. The van der Waals surface area contributed by atoms with Gasteiger partial charge in [-0.05, 0) is 44.4 Å². The van der Waals surface area contributed by atoms with Gasteiger partial charge in [-0.3, -0.25) is 0 Å². The average Bonchev–Trinajstić information content (AvgIpc) is 2.03. The fourth-order valence-corrected chi connectivity index (χ4v) is 2.55. The zero-order chi connectivity index (χ0) is 9.90. The normalized spacial score (nSPS) is 20.8. The summed E-state index contributed by atoms with van der Waals surface area (Å²) in [6.45, 7) is 9.26. The van der Waals surface area contributed by atoms with E-state index in [0.717, 1.165) is 5.75 Å². The third-order valence-corrected chi connectivity index (χ3v) is 4.10. The molecule has 0 heterocycles. The van der Waals surface area contributed by atoms with Crippen molar-refractivity contribution < 1.29 is 0 Å². The molecule has 1 nitrogen and oxygen atoms in total. The van der Waals surface area contributed by atoms with Crippen molar-refractivity contribution in [2.24, 2.45) is 5.41 Å². The molecule has 78 valence electrons. The van der Waals surface area contributed by atoms with Gasteiger partial charge in [-0.25, -0.2) is 0 Å². The molecule has 13 heavy (non-hydrogen) atoms. The number of hydrogen-bond acceptors (Lipinski definition) is 2. The highest BCUT2D eigenvalue weighted by molar-refractivity contribution is 7.80. The van der Waals surface area contributed by atoms with E-state index in [2.05, 4.69) is 38.3 Å². The summed E-state index contributed by atoms with van der Waals surface area (Å²) < 4.78 is 0. The Bertz CT molecular complexity index is 147. The topological polar surface area (TPSA) is 3.24 Å². The average molecular weight is 201 g/mol. The smallest absolute Gasteiger partial charge is 0.00484 e. The summed E-state index contributed by atoms with van der Waals surface area (Å²) in [4.78, 5) is 2.56. The molecule has 0 bridgehead atoms. The molecule has 1 saturated carbocycles. The Hall–Kier alpha value is 0.310. The van der Waals surface area contributed by atoms with Crippen molar-refractivity contribution in [3.05, 3.63) is 0 Å². The fourth-order valence-electron chi connectivity index (χ4n) is 2.13. The second-order valence-electron chi connectivity index (χ2n) is 4.67. The maximum Gasteiger partial charge on any atom is 0.00484 e. The van der Waals surface area contributed by atoms with E-state index in [4.69, 9.17) is 0 Å². The molecule has 0 aromatic heterocycles. The summed E-state index contributed by atoms with van der Waals surface area (Å²) >= 11 is 4.49. The molecule has 0 radical (unpaired) electrons. The van der Waals surface area contributed by atoms with Gasteiger partial charge in [0, 0.05) is 12.6 Å². The zero-order valence-electron chi connectivity index (χ0n) is 9.21. The van der Waals surface area contributed by atoms with Gasteiger partial charge in [-0.15, -0.1) is 0 Å². The summed E-state index contributed by atoms with van der Waals surface area (Å²) in [7, 11) is 0. The standard InChI is InChI=1S/C11H23NS/c1-4-12(10(2)3)8-11(9-13)6-5-7-11/h10,13H,4-9H2,1-3H3. The molecule has 0 N–H and O–H groups in total. The Kier molecular flexibility index (Phi) is 4.11. The lowest BCUT2D eigenvalue weighted by molar-refractivity contribution is 0.0762. The van der Waals surface area contributed by atoms with E-state index in [1.54, 1.807) is 0 Å². The van der Waals surface area contributed by atoms with E-state index in [-0.39, 0.29) is 0 Å². The van der Waals surface area contributed by atoms with Crippen LogP contribution in [0.15, 0.2) is 0 Å². The molecule has 0 aromatic rings. The van der Waals surface area contributed by atoms with Crippen LogP contribution in [0.3, 0.4) is 0 Å². The van der Waals surface area contributed by atoms with Crippen LogP contribution in [0.25, 0.3) is 0 Å². The van der Waals surface area contributed by atoms with E-state index in [1.165, 1.54) is 32.4 Å². The molecule has 0 saturated heterocycles. The lowest BCUT2D eigenvalue weighted by Crippen LogP contribution is -2.46. The maximum atomic E-state index is 4.49. The van der Waals surface area contributed by atoms with Crippen LogP contribution in [0.5, 0.6) is 0 Å². The largest absolute Gasteiger partial charge is 0.301 e. The summed E-state index contributed by atoms with van der Waals surface area (Å²) in [6, 6.07) is 0.683. The molecule has 1 aliphatic rings. The van der Waals surface area contributed by atoms with Gasteiger partial charge in [0.25, 0.3) is 0 Å². The Morgan fingerprint density at radius 3 is 2.23 bits per heavy atom. The number of nitrogens with zero attached hydrogens (tertiary/aromatic N) is 1. The summed E-state index contributed by atoms with van der Waals surface area (Å²) in [6.07, 6.45) is 4.19. The van der Waals surface area contributed by atoms with Crippen LogP contribution in [0.2, 0.25) is 0 Å². The van der Waals surface area contributed by atoms with Crippen LogP contribution in [-0.2, 0) is 0 Å². The molecule has 1 fully saturated rings. The first kappa shape index (κ1) is 11.4. The highest BCUT2D eigenvalue weighted by Crippen LogP contribution is 2.42. The van der Waals surface area contributed by atoms with Gasteiger partial charge >= 0.3 is 0 Å². The molecule has 0 aromatic carbocycles. The molecule has 0 amide bonds. The molecular weight excluding hydrogens is 178 g/mol. The zero-order valence-corrected chi connectivity index (χ0v) is 10.1. The van der Waals surface area contributed by atoms with Crippen molar-refractivity contribution in [3.63, 3.8) is 0 Å². The van der Waals surface area contributed by atoms with Crippen LogP contribution in [0, 0.1) is 5.41 Å². The second-order valence-corrected chi connectivity index (χ2v) is 4.98. The monoisotopic (exact) mass is 201 g/mol. The Morgan fingerprint density at radius 2 is 2.00 bits per heavy atom. The van der Waals surface area contributed by atoms with Crippen molar-refractivity contribution in [3.8, 4) is 0 Å². The number of thiol groups is 1. The molecule has 0 aliphatic heterocycles. The maximum absolute atomic E-state index is 4.49. The van der Waals surface area contributed by atoms with Crippen LogP contribution in [0.1, 0.15) is 40.0 Å². The molecule has 1 rings (SSSR count). The summed E-state index contributed by atoms with van der Waals surface area (Å²) in [5, 5.41) is 0. The minimum absolute atomic E-state index is 0.559.